The van der Waals surface area contributed by atoms with E-state index in [-0.39, 0.29) is 5.91 Å². The minimum absolute atomic E-state index is 0.0806. The molecular formula is C18H23N3O2. The van der Waals surface area contributed by atoms with Gasteiger partial charge in [-0.25, -0.2) is 0 Å². The van der Waals surface area contributed by atoms with Crippen molar-refractivity contribution in [1.82, 2.24) is 15.0 Å². The van der Waals surface area contributed by atoms with Gasteiger partial charge in [0.05, 0.1) is 0 Å². The van der Waals surface area contributed by atoms with E-state index in [1.165, 1.54) is 19.3 Å². The molecule has 23 heavy (non-hydrogen) atoms. The second kappa shape index (κ2) is 6.52. The Hall–Kier alpha value is -2.17. The smallest absolute Gasteiger partial charge is 0.257 e. The van der Waals surface area contributed by atoms with Crippen LogP contribution in [0.1, 0.15) is 48.8 Å². The molecule has 2 aromatic rings. The first-order valence-electron chi connectivity index (χ1n) is 8.24. The molecule has 1 aliphatic rings. The zero-order valence-electron chi connectivity index (χ0n) is 14.0. The largest absolute Gasteiger partial charge is 0.338 e. The molecule has 0 bridgehead atoms. The van der Waals surface area contributed by atoms with Gasteiger partial charge in [-0.1, -0.05) is 24.9 Å². The van der Waals surface area contributed by atoms with Crippen molar-refractivity contribution in [2.45, 2.75) is 45.6 Å². The summed E-state index contributed by atoms with van der Waals surface area (Å²) < 4.78 is 5.15. The summed E-state index contributed by atoms with van der Waals surface area (Å²) in [5.41, 5.74) is 1.53. The maximum Gasteiger partial charge on any atom is 0.257 e. The molecule has 1 saturated carbocycles. The summed E-state index contributed by atoms with van der Waals surface area (Å²) in [6.07, 6.45) is 4.79. The number of carbonyl (C=O) groups excluding carboxylic acids is 1. The highest BCUT2D eigenvalue weighted by atomic mass is 16.5. The Morgan fingerprint density at radius 2 is 1.91 bits per heavy atom. The van der Waals surface area contributed by atoms with Gasteiger partial charge >= 0.3 is 0 Å². The van der Waals surface area contributed by atoms with Crippen LogP contribution in [-0.2, 0) is 0 Å². The van der Waals surface area contributed by atoms with E-state index in [4.69, 9.17) is 4.52 Å². The van der Waals surface area contributed by atoms with Crippen LogP contribution in [0.2, 0.25) is 0 Å². The van der Waals surface area contributed by atoms with Gasteiger partial charge in [0.15, 0.2) is 5.82 Å². The number of rotatable bonds is 3. The second-order valence-corrected chi connectivity index (χ2v) is 6.47. The van der Waals surface area contributed by atoms with Crippen LogP contribution < -0.4 is 0 Å². The lowest BCUT2D eigenvalue weighted by atomic mass is 9.85. The van der Waals surface area contributed by atoms with Crippen LogP contribution in [0.4, 0.5) is 0 Å². The Balaban J connectivity index is 1.74. The van der Waals surface area contributed by atoms with E-state index >= 15 is 0 Å². The van der Waals surface area contributed by atoms with Crippen LogP contribution in [0.5, 0.6) is 0 Å². The predicted octanol–water partition coefficient (Wildman–Crippen LogP) is 3.70. The lowest BCUT2D eigenvalue weighted by Crippen LogP contribution is -2.42. The zero-order chi connectivity index (χ0) is 16.4. The summed E-state index contributed by atoms with van der Waals surface area (Å²) in [6, 6.07) is 7.73. The van der Waals surface area contributed by atoms with E-state index in [9.17, 15) is 4.79 Å². The average Bonchev–Trinajstić information content (AvgIpc) is 3.01. The highest BCUT2D eigenvalue weighted by Gasteiger charge is 2.28. The summed E-state index contributed by atoms with van der Waals surface area (Å²) in [6.45, 7) is 4.03. The highest BCUT2D eigenvalue weighted by molar-refractivity contribution is 5.94. The Kier molecular flexibility index (Phi) is 4.46. The number of nitrogens with zero attached hydrogens (tertiary/aromatic N) is 3. The summed E-state index contributed by atoms with van der Waals surface area (Å²) >= 11 is 0. The standard InChI is InChI=1S/C18H23N3O2/c1-12-6-4-5-7-16(12)21(3)18(22)15-10-8-14(9-11-15)17-19-13(2)20-23-17/h8-12,16H,4-7H2,1-3H3. The number of benzene rings is 1. The zero-order valence-corrected chi connectivity index (χ0v) is 14.0. The van der Waals surface area contributed by atoms with Gasteiger partial charge < -0.3 is 9.42 Å². The van der Waals surface area contributed by atoms with Gasteiger partial charge in [0.25, 0.3) is 11.8 Å². The highest BCUT2D eigenvalue weighted by Crippen LogP contribution is 2.28. The van der Waals surface area contributed by atoms with Gasteiger partial charge in [-0.2, -0.15) is 4.98 Å². The predicted molar refractivity (Wildman–Crippen MR) is 88.0 cm³/mol. The third-order valence-electron chi connectivity index (χ3n) is 4.79. The first kappa shape index (κ1) is 15.7. The fraction of sp³-hybridized carbons (Fsp3) is 0.500. The van der Waals surface area contributed by atoms with Crippen molar-refractivity contribution in [3.05, 3.63) is 35.7 Å². The number of aromatic nitrogens is 2. The molecule has 1 amide bonds. The van der Waals surface area contributed by atoms with E-state index in [2.05, 4.69) is 17.1 Å². The number of aryl methyl sites for hydroxylation is 1. The van der Waals surface area contributed by atoms with Gasteiger partial charge in [-0.3, -0.25) is 4.79 Å². The molecule has 1 aliphatic carbocycles. The monoisotopic (exact) mass is 313 g/mol. The van der Waals surface area contributed by atoms with Gasteiger partial charge in [0.1, 0.15) is 0 Å². The lowest BCUT2D eigenvalue weighted by molar-refractivity contribution is 0.0629. The van der Waals surface area contributed by atoms with Crippen molar-refractivity contribution >= 4 is 5.91 Å². The van der Waals surface area contributed by atoms with Crippen molar-refractivity contribution in [3.63, 3.8) is 0 Å². The van der Waals surface area contributed by atoms with Crippen LogP contribution in [-0.4, -0.2) is 34.0 Å². The molecule has 5 heteroatoms. The normalized spacial score (nSPS) is 21.2. The molecule has 0 N–H and O–H groups in total. The second-order valence-electron chi connectivity index (χ2n) is 6.47. The van der Waals surface area contributed by atoms with E-state index < -0.39 is 0 Å². The number of hydrogen-bond donors (Lipinski definition) is 0. The van der Waals surface area contributed by atoms with Gasteiger partial charge in [-0.15, -0.1) is 0 Å². The van der Waals surface area contributed by atoms with E-state index in [1.54, 1.807) is 6.92 Å². The first-order chi connectivity index (χ1) is 11.1. The minimum atomic E-state index is 0.0806. The Bertz CT molecular complexity index is 678. The lowest BCUT2D eigenvalue weighted by Gasteiger charge is -2.36. The number of carbonyl (C=O) groups is 1. The van der Waals surface area contributed by atoms with Crippen molar-refractivity contribution in [3.8, 4) is 11.5 Å². The summed E-state index contributed by atoms with van der Waals surface area (Å²) in [7, 11) is 1.92. The third-order valence-corrected chi connectivity index (χ3v) is 4.79. The molecular weight excluding hydrogens is 290 g/mol. The molecule has 3 rings (SSSR count). The maximum atomic E-state index is 12.7. The minimum Gasteiger partial charge on any atom is -0.338 e. The summed E-state index contributed by atoms with van der Waals surface area (Å²) in [4.78, 5) is 18.8. The van der Waals surface area contributed by atoms with Crippen molar-refractivity contribution in [2.24, 2.45) is 5.92 Å². The number of amides is 1. The van der Waals surface area contributed by atoms with Crippen molar-refractivity contribution < 1.29 is 9.32 Å². The van der Waals surface area contributed by atoms with E-state index in [0.717, 1.165) is 12.0 Å². The Morgan fingerprint density at radius 1 is 1.22 bits per heavy atom. The Morgan fingerprint density at radius 3 is 2.52 bits per heavy atom. The molecule has 2 unspecified atom stereocenters. The van der Waals surface area contributed by atoms with Gasteiger partial charge in [0, 0.05) is 24.2 Å². The van der Waals surface area contributed by atoms with Crippen molar-refractivity contribution in [1.29, 1.82) is 0 Å². The molecule has 1 aromatic heterocycles. The van der Waals surface area contributed by atoms with Crippen LogP contribution in [0, 0.1) is 12.8 Å². The van der Waals surface area contributed by atoms with Crippen LogP contribution in [0.3, 0.4) is 0 Å². The molecule has 0 saturated heterocycles. The summed E-state index contributed by atoms with van der Waals surface area (Å²) in [5, 5.41) is 3.79. The molecule has 122 valence electrons. The fourth-order valence-electron chi connectivity index (χ4n) is 3.40. The molecule has 1 fully saturated rings. The fourth-order valence-corrected chi connectivity index (χ4v) is 3.40. The van der Waals surface area contributed by atoms with Crippen LogP contribution in [0.25, 0.3) is 11.5 Å². The average molecular weight is 313 g/mol. The Labute approximate surface area is 136 Å². The molecule has 5 nitrogen and oxygen atoms in total. The van der Waals surface area contributed by atoms with Gasteiger partial charge in [-0.05, 0) is 49.9 Å². The van der Waals surface area contributed by atoms with Crippen molar-refractivity contribution in [2.75, 3.05) is 7.05 Å². The quantitative estimate of drug-likeness (QED) is 0.867. The molecule has 1 aromatic carbocycles. The SMILES string of the molecule is Cc1noc(-c2ccc(C(=O)N(C)C3CCCCC3C)cc2)n1. The molecule has 2 atom stereocenters. The molecule has 0 radical (unpaired) electrons. The van der Waals surface area contributed by atoms with E-state index in [0.29, 0.717) is 29.2 Å². The topological polar surface area (TPSA) is 59.2 Å². The molecule has 0 spiro atoms. The molecule has 1 heterocycles. The van der Waals surface area contributed by atoms with Crippen LogP contribution >= 0.6 is 0 Å². The van der Waals surface area contributed by atoms with Crippen LogP contribution in [0.15, 0.2) is 28.8 Å². The van der Waals surface area contributed by atoms with Gasteiger partial charge in [0.2, 0.25) is 0 Å². The maximum absolute atomic E-state index is 12.7. The summed E-state index contributed by atoms with van der Waals surface area (Å²) in [5.74, 6) is 1.73. The number of hydrogen-bond acceptors (Lipinski definition) is 4. The third kappa shape index (κ3) is 3.28. The molecule has 0 aliphatic heterocycles. The van der Waals surface area contributed by atoms with E-state index in [1.807, 2.05) is 36.2 Å². The first-order valence-corrected chi connectivity index (χ1v) is 8.24.